The molecule has 0 spiro atoms. The summed E-state index contributed by atoms with van der Waals surface area (Å²) in [6.45, 7) is 5.35. The first kappa shape index (κ1) is 9.52. The second-order valence-corrected chi connectivity index (χ2v) is 3.65. The van der Waals surface area contributed by atoms with E-state index >= 15 is 0 Å². The highest BCUT2D eigenvalue weighted by atomic mass is 16.7. The zero-order valence-corrected chi connectivity index (χ0v) is 8.06. The van der Waals surface area contributed by atoms with Crippen LogP contribution < -0.4 is 0 Å². The highest BCUT2D eigenvalue weighted by Gasteiger charge is 2.38. The molecule has 4 nitrogen and oxygen atoms in total. The molecule has 6 heteroatoms. The molecule has 72 valence electrons. The maximum absolute atomic E-state index is 5.48. The summed E-state index contributed by atoms with van der Waals surface area (Å²) in [5, 5.41) is 0. The van der Waals surface area contributed by atoms with E-state index in [0.717, 1.165) is 0 Å². The number of rotatable bonds is 2. The van der Waals surface area contributed by atoms with Crippen molar-refractivity contribution in [3.63, 3.8) is 0 Å². The van der Waals surface area contributed by atoms with Gasteiger partial charge in [-0.15, -0.1) is 0 Å². The highest BCUT2D eigenvalue weighted by molar-refractivity contribution is 6.65. The van der Waals surface area contributed by atoms with Gasteiger partial charge in [0.05, 0.1) is 25.4 Å². The Bertz CT molecular complexity index is 162. The summed E-state index contributed by atoms with van der Waals surface area (Å²) >= 11 is 0. The third-order valence-electron chi connectivity index (χ3n) is 2.19. The minimum Gasteiger partial charge on any atom is -0.409 e. The van der Waals surface area contributed by atoms with Gasteiger partial charge in [-0.05, 0) is 13.8 Å². The van der Waals surface area contributed by atoms with E-state index in [1.54, 1.807) is 0 Å². The Balaban J connectivity index is 1.72. The Labute approximate surface area is 79.2 Å². The number of hydrogen-bond acceptors (Lipinski definition) is 4. The molecule has 2 aliphatic heterocycles. The van der Waals surface area contributed by atoms with Gasteiger partial charge in [0.1, 0.15) is 0 Å². The molecule has 0 amide bonds. The molecule has 2 aliphatic rings. The van der Waals surface area contributed by atoms with Crippen LogP contribution in [-0.4, -0.2) is 39.7 Å². The van der Waals surface area contributed by atoms with Crippen LogP contribution in [-0.2, 0) is 18.6 Å². The molecular weight excluding hydrogens is 170 g/mol. The first-order valence-electron chi connectivity index (χ1n) is 4.78. The van der Waals surface area contributed by atoms with Crippen molar-refractivity contribution in [3.05, 3.63) is 0 Å². The van der Waals surface area contributed by atoms with Crippen LogP contribution in [0.15, 0.2) is 0 Å². The van der Waals surface area contributed by atoms with Gasteiger partial charge in [-0.2, -0.15) is 0 Å². The van der Waals surface area contributed by atoms with Crippen molar-refractivity contribution < 1.29 is 18.6 Å². The van der Waals surface area contributed by atoms with E-state index in [4.69, 9.17) is 18.6 Å². The van der Waals surface area contributed by atoms with Gasteiger partial charge >= 0.3 is 14.2 Å². The zero-order valence-electron chi connectivity index (χ0n) is 8.06. The lowest BCUT2D eigenvalue weighted by Crippen LogP contribution is -2.27. The van der Waals surface area contributed by atoms with Gasteiger partial charge in [0.2, 0.25) is 0 Å². The molecule has 0 N–H and O–H groups in total. The molecule has 0 aliphatic carbocycles. The van der Waals surface area contributed by atoms with Gasteiger partial charge in [0.15, 0.2) is 0 Å². The quantitative estimate of drug-likeness (QED) is 0.580. The summed E-state index contributed by atoms with van der Waals surface area (Å²) in [6, 6.07) is 0. The maximum atomic E-state index is 5.48. The van der Waals surface area contributed by atoms with Gasteiger partial charge in [0.25, 0.3) is 0 Å². The summed E-state index contributed by atoms with van der Waals surface area (Å²) in [6.07, 6.45) is 1.07. The van der Waals surface area contributed by atoms with E-state index in [0.29, 0.717) is 19.4 Å². The van der Waals surface area contributed by atoms with E-state index in [1.807, 2.05) is 13.8 Å². The van der Waals surface area contributed by atoms with Crippen molar-refractivity contribution in [2.45, 2.75) is 32.3 Å². The molecule has 2 unspecified atom stereocenters. The van der Waals surface area contributed by atoms with Crippen LogP contribution in [0.5, 0.6) is 0 Å². The molecule has 0 aromatic heterocycles. The second kappa shape index (κ2) is 4.00. The summed E-state index contributed by atoms with van der Waals surface area (Å²) in [5.41, 5.74) is 0. The van der Waals surface area contributed by atoms with Crippen molar-refractivity contribution in [3.8, 4) is 0 Å². The minimum absolute atomic E-state index is 0.148. The third kappa shape index (κ3) is 2.46. The lowest BCUT2D eigenvalue weighted by molar-refractivity contribution is 0.253. The summed E-state index contributed by atoms with van der Waals surface area (Å²) in [5.74, 6) is 0. The lowest BCUT2D eigenvalue weighted by Gasteiger charge is -2.06. The molecule has 2 heterocycles. The molecule has 2 atom stereocenters. The maximum Gasteiger partial charge on any atom is 0.454 e. The third-order valence-corrected chi connectivity index (χ3v) is 2.19. The Morgan fingerprint density at radius 2 is 1.46 bits per heavy atom. The summed E-state index contributed by atoms with van der Waals surface area (Å²) in [7, 11) is -0.296. The van der Waals surface area contributed by atoms with Gasteiger partial charge in [-0.3, -0.25) is 0 Å². The van der Waals surface area contributed by atoms with Crippen molar-refractivity contribution in [2.24, 2.45) is 0 Å². The van der Waals surface area contributed by atoms with Crippen LogP contribution in [0.4, 0.5) is 0 Å². The zero-order chi connectivity index (χ0) is 9.26. The van der Waals surface area contributed by atoms with Gasteiger partial charge < -0.3 is 18.6 Å². The van der Waals surface area contributed by atoms with Crippen LogP contribution in [0.1, 0.15) is 13.8 Å². The molecule has 0 aromatic carbocycles. The fourth-order valence-electron chi connectivity index (χ4n) is 1.57. The van der Waals surface area contributed by atoms with Crippen LogP contribution in [0.3, 0.4) is 0 Å². The first-order chi connectivity index (χ1) is 6.24. The van der Waals surface area contributed by atoms with Crippen LogP contribution in [0.25, 0.3) is 0 Å². The Morgan fingerprint density at radius 3 is 1.77 bits per heavy atom. The predicted octanol–water partition coefficient (Wildman–Crippen LogP) is 0.373. The highest BCUT2D eigenvalue weighted by Crippen LogP contribution is 2.17. The first-order valence-corrected chi connectivity index (χ1v) is 4.78. The van der Waals surface area contributed by atoms with Crippen molar-refractivity contribution >= 4 is 14.2 Å². The van der Waals surface area contributed by atoms with Crippen molar-refractivity contribution in [2.75, 3.05) is 13.2 Å². The van der Waals surface area contributed by atoms with Crippen molar-refractivity contribution in [1.29, 1.82) is 0 Å². The monoisotopic (exact) mass is 184 g/mol. The van der Waals surface area contributed by atoms with E-state index in [2.05, 4.69) is 0 Å². The van der Waals surface area contributed by atoms with E-state index in [-0.39, 0.29) is 26.4 Å². The molecule has 0 aromatic rings. The molecule has 2 saturated heterocycles. The fraction of sp³-hybridized carbons (Fsp3) is 1.00. The normalized spacial score (nSPS) is 34.6. The molecule has 0 saturated carbocycles. The van der Waals surface area contributed by atoms with E-state index in [1.165, 1.54) is 0 Å². The molecule has 13 heavy (non-hydrogen) atoms. The van der Waals surface area contributed by atoms with E-state index < -0.39 is 0 Å². The Morgan fingerprint density at radius 1 is 1.00 bits per heavy atom. The molecule has 0 bridgehead atoms. The summed E-state index contributed by atoms with van der Waals surface area (Å²) in [4.78, 5) is 0. The van der Waals surface area contributed by atoms with Crippen LogP contribution in [0, 0.1) is 0 Å². The summed E-state index contributed by atoms with van der Waals surface area (Å²) < 4.78 is 21.7. The average molecular weight is 184 g/mol. The van der Waals surface area contributed by atoms with Gasteiger partial charge in [-0.25, -0.2) is 0 Å². The van der Waals surface area contributed by atoms with Gasteiger partial charge in [-0.1, -0.05) is 0 Å². The van der Waals surface area contributed by atoms with Crippen LogP contribution in [0.2, 0.25) is 6.22 Å². The SMILES string of the molecule is CC1COB(CB2OCC(C)O2)O1. The Hall–Kier alpha value is -0.0301. The molecule has 2 fully saturated rings. The second-order valence-electron chi connectivity index (χ2n) is 3.65. The topological polar surface area (TPSA) is 36.9 Å². The Kier molecular flexibility index (Phi) is 2.93. The largest absolute Gasteiger partial charge is 0.454 e. The average Bonchev–Trinajstić information content (AvgIpc) is 2.62. The van der Waals surface area contributed by atoms with Gasteiger partial charge in [0, 0.05) is 6.22 Å². The molecule has 2 rings (SSSR count). The standard InChI is InChI=1S/C7H14B2O4/c1-6-3-10-8(12-6)5-9-11-4-7(2)13-9/h6-7H,3-5H2,1-2H3. The predicted molar refractivity (Wildman–Crippen MR) is 49.3 cm³/mol. The van der Waals surface area contributed by atoms with Crippen molar-refractivity contribution in [1.82, 2.24) is 0 Å². The molecule has 0 radical (unpaired) electrons. The number of hydrogen-bond donors (Lipinski definition) is 0. The fourth-order valence-corrected chi connectivity index (χ4v) is 1.57. The molecular formula is C7H14B2O4. The van der Waals surface area contributed by atoms with Crippen LogP contribution >= 0.6 is 0 Å². The lowest BCUT2D eigenvalue weighted by atomic mass is 9.64. The smallest absolute Gasteiger partial charge is 0.409 e. The minimum atomic E-state index is -0.148. The van der Waals surface area contributed by atoms with E-state index in [9.17, 15) is 0 Å².